The summed E-state index contributed by atoms with van der Waals surface area (Å²) in [6.07, 6.45) is 4.95. The van der Waals surface area contributed by atoms with Crippen LogP contribution in [0.4, 0.5) is 26.3 Å². The van der Waals surface area contributed by atoms with Gasteiger partial charge in [0.25, 0.3) is 0 Å². The van der Waals surface area contributed by atoms with Gasteiger partial charge in [-0.1, -0.05) is 86.1 Å². The predicted octanol–water partition coefficient (Wildman–Crippen LogP) is 9.63. The number of halogens is 8. The molecule has 6 aromatic rings. The van der Waals surface area contributed by atoms with Crippen molar-refractivity contribution in [3.63, 3.8) is 0 Å². The molecule has 0 saturated heterocycles. The van der Waals surface area contributed by atoms with Gasteiger partial charge in [-0.3, -0.25) is 0 Å². The van der Waals surface area contributed by atoms with Gasteiger partial charge in [0.05, 0.1) is 11.1 Å². The topological polar surface area (TPSA) is 0 Å². The van der Waals surface area contributed by atoms with E-state index in [4.69, 9.17) is 0 Å². The Bertz CT molecular complexity index is 1910. The average Bonchev–Trinajstić information content (AvgIpc) is 3.81. The third kappa shape index (κ3) is 11.6. The van der Waals surface area contributed by atoms with Crippen LogP contribution in [0.5, 0.6) is 0 Å². The molecule has 0 nitrogen and oxygen atoms in total. The number of hydrogen-bond acceptors (Lipinski definition) is 0. The Labute approximate surface area is 359 Å². The maximum Gasteiger partial charge on any atom is 2.00 e. The molecule has 0 N–H and O–H groups in total. The van der Waals surface area contributed by atoms with Crippen molar-refractivity contribution in [1.82, 2.24) is 0 Å². The van der Waals surface area contributed by atoms with Gasteiger partial charge in [0.1, 0.15) is 0 Å². The van der Waals surface area contributed by atoms with Gasteiger partial charge in [-0.2, -0.15) is 38.5 Å². The molecule has 0 spiro atoms. The van der Waals surface area contributed by atoms with Crippen molar-refractivity contribution in [2.75, 3.05) is 0 Å². The molecule has 0 atom stereocenters. The molecule has 2 aliphatic rings. The molecule has 2 fully saturated rings. The largest absolute Gasteiger partial charge is 2.00 e. The Morgan fingerprint density at radius 3 is 1.12 bits per heavy atom. The van der Waals surface area contributed by atoms with Crippen LogP contribution in [0.1, 0.15) is 105 Å². The van der Waals surface area contributed by atoms with Crippen LogP contribution in [-0.4, -0.2) is 0 Å². The molecule has 0 aromatic heterocycles. The summed E-state index contributed by atoms with van der Waals surface area (Å²) in [4.78, 5) is 0. The maximum absolute atomic E-state index is 12.8. The molecule has 0 heterocycles. The van der Waals surface area contributed by atoms with E-state index in [9.17, 15) is 26.3 Å². The van der Waals surface area contributed by atoms with E-state index in [-0.39, 0.29) is 51.0 Å². The fraction of sp³-hybridized carbons (Fsp3) is 0.319. The zero-order valence-corrected chi connectivity index (χ0v) is 35.2. The van der Waals surface area contributed by atoms with Gasteiger partial charge < -0.3 is 45.1 Å². The molecule has 0 aliphatic heterocycles. The first-order chi connectivity index (χ1) is 25.5. The zero-order chi connectivity index (χ0) is 37.6. The number of benzene rings is 4. The van der Waals surface area contributed by atoms with Crippen molar-refractivity contribution in [2.45, 2.75) is 94.8 Å². The van der Waals surface area contributed by atoms with Gasteiger partial charge in [0.15, 0.2) is 0 Å². The first kappa shape index (κ1) is 47.5. The second kappa shape index (κ2) is 21.2. The zero-order valence-electron chi connectivity index (χ0n) is 31.3. The molecule has 56 heavy (non-hydrogen) atoms. The summed E-state index contributed by atoms with van der Waals surface area (Å²) in [5.41, 5.74) is 5.24. The van der Waals surface area contributed by atoms with E-state index < -0.39 is 23.5 Å². The summed E-state index contributed by atoms with van der Waals surface area (Å²) in [6, 6.07) is 32.1. The van der Waals surface area contributed by atoms with Crippen LogP contribution in [0.25, 0.3) is 43.8 Å². The molecular formula is C47H46Cl2F6Zr-4. The molecule has 9 heteroatoms. The van der Waals surface area contributed by atoms with E-state index in [0.717, 1.165) is 39.4 Å². The monoisotopic (exact) mass is 884 g/mol. The summed E-state index contributed by atoms with van der Waals surface area (Å²) in [5.74, 6) is 1.25. The second-order valence-electron chi connectivity index (χ2n) is 14.4. The maximum atomic E-state index is 12.8. The Kier molecular flexibility index (Phi) is 18.0. The van der Waals surface area contributed by atoms with E-state index in [0.29, 0.717) is 11.8 Å². The van der Waals surface area contributed by atoms with Gasteiger partial charge in [-0.15, -0.1) is 69.1 Å². The van der Waals surface area contributed by atoms with E-state index in [2.05, 4.69) is 50.2 Å². The summed E-state index contributed by atoms with van der Waals surface area (Å²) < 4.78 is 76.7. The molecule has 0 unspecified atom stereocenters. The molecule has 298 valence electrons. The molecule has 0 radical (unpaired) electrons. The first-order valence-electron chi connectivity index (χ1n) is 18.8. The number of fused-ring (bicyclic) bond motifs is 2. The third-order valence-electron chi connectivity index (χ3n) is 10.7. The van der Waals surface area contributed by atoms with E-state index in [1.807, 2.05) is 24.3 Å². The van der Waals surface area contributed by atoms with Crippen molar-refractivity contribution in [3.05, 3.63) is 145 Å². The summed E-state index contributed by atoms with van der Waals surface area (Å²) in [6.45, 7) is 6.75. The van der Waals surface area contributed by atoms with E-state index >= 15 is 0 Å². The van der Waals surface area contributed by atoms with Crippen LogP contribution >= 0.6 is 0 Å². The van der Waals surface area contributed by atoms with Crippen molar-refractivity contribution in [2.24, 2.45) is 0 Å². The van der Waals surface area contributed by atoms with Gasteiger partial charge >= 0.3 is 38.6 Å². The van der Waals surface area contributed by atoms with Gasteiger partial charge in [0, 0.05) is 0 Å². The van der Waals surface area contributed by atoms with Crippen molar-refractivity contribution < 1.29 is 77.4 Å². The first-order valence-corrected chi connectivity index (χ1v) is 18.8. The Balaban J connectivity index is 0.000000267. The fourth-order valence-corrected chi connectivity index (χ4v) is 8.04. The fourth-order valence-electron chi connectivity index (χ4n) is 8.04. The Hall–Kier alpha value is -2.86. The minimum Gasteiger partial charge on any atom is -1.00 e. The van der Waals surface area contributed by atoms with E-state index in [1.54, 1.807) is 24.3 Å². The minimum absolute atomic E-state index is 0. The Morgan fingerprint density at radius 2 is 0.821 bits per heavy atom. The predicted molar refractivity (Wildman–Crippen MR) is 207 cm³/mol. The summed E-state index contributed by atoms with van der Waals surface area (Å²) >= 11 is 0. The standard InChI is InChI=1S/2C22H20F3.C3H6.2ClH.Zr/c2*23-22(24,25)19-11-9-16(10-12-19)20-8-4-7-17-13-18(14-21(17)20)15-5-2-1-3-6-15;1-3-2;;;/h2*4,7-15H,1-3,5-6H2;1-3H2;2*1H;/q2*-1;-2;;;+2/p-2. The van der Waals surface area contributed by atoms with E-state index in [1.165, 1.54) is 110 Å². The molecule has 6 aromatic carbocycles. The number of rotatable bonds is 4. The van der Waals surface area contributed by atoms with Crippen molar-refractivity contribution >= 4 is 21.5 Å². The van der Waals surface area contributed by atoms with Gasteiger partial charge in [0.2, 0.25) is 0 Å². The van der Waals surface area contributed by atoms with Crippen LogP contribution in [-0.2, 0) is 38.6 Å². The Morgan fingerprint density at radius 1 is 0.500 bits per heavy atom. The van der Waals surface area contributed by atoms with Crippen LogP contribution in [0, 0.1) is 13.8 Å². The number of hydrogen-bond donors (Lipinski definition) is 0. The summed E-state index contributed by atoms with van der Waals surface area (Å²) in [7, 11) is 0. The number of alkyl halides is 6. The third-order valence-corrected chi connectivity index (χ3v) is 10.7. The molecule has 8 rings (SSSR count). The quantitative estimate of drug-likeness (QED) is 0.122. The summed E-state index contributed by atoms with van der Waals surface area (Å²) in [5, 5.41) is 4.64. The van der Waals surface area contributed by atoms with Crippen LogP contribution in [0.3, 0.4) is 0 Å². The van der Waals surface area contributed by atoms with Gasteiger partial charge in [-0.25, -0.2) is 0 Å². The van der Waals surface area contributed by atoms with Crippen LogP contribution in [0.2, 0.25) is 0 Å². The molecule has 0 amide bonds. The average molecular weight is 887 g/mol. The molecule has 2 aliphatic carbocycles. The van der Waals surface area contributed by atoms with Crippen molar-refractivity contribution in [3.8, 4) is 22.3 Å². The van der Waals surface area contributed by atoms with Crippen LogP contribution < -0.4 is 24.8 Å². The molecular weight excluding hydrogens is 841 g/mol. The van der Waals surface area contributed by atoms with Gasteiger partial charge in [-0.05, 0) is 72.9 Å². The smallest absolute Gasteiger partial charge is 1.00 e. The SMILES string of the molecule is FC(F)(F)c1ccc(-c2cccc3[cH-]c(C4CCCCC4)cc23)cc1.FC(F)(F)c1ccc(-c2cccc3[cH-]c(C4CCCCC4)cc23)cc1.[CH2-]C[CH2-].[Cl-].[Cl-].[Zr+2]. The molecule has 2 saturated carbocycles. The van der Waals surface area contributed by atoms with Crippen LogP contribution in [0.15, 0.2) is 109 Å². The normalized spacial score (nSPS) is 15.0. The van der Waals surface area contributed by atoms with Crippen molar-refractivity contribution in [1.29, 1.82) is 0 Å². The minimum atomic E-state index is -4.29. The molecule has 0 bridgehead atoms. The second-order valence-corrected chi connectivity index (χ2v) is 14.4.